The maximum Gasteiger partial charge on any atom is 0.135 e. The van der Waals surface area contributed by atoms with Gasteiger partial charge in [0.2, 0.25) is 0 Å². The summed E-state index contributed by atoms with van der Waals surface area (Å²) in [5.74, 6) is 0. The summed E-state index contributed by atoms with van der Waals surface area (Å²) in [4.78, 5) is 3.61. The molecule has 1 heterocycles. The van der Waals surface area contributed by atoms with Crippen molar-refractivity contribution >= 4 is 17.5 Å². The van der Waals surface area contributed by atoms with Crippen molar-refractivity contribution in [3.05, 3.63) is 65.7 Å². The summed E-state index contributed by atoms with van der Waals surface area (Å²) in [6.07, 6.45) is 4.64. The smallest absolute Gasteiger partial charge is 0.135 e. The molecule has 28 heavy (non-hydrogen) atoms. The molecule has 2 unspecified atom stereocenters. The standard InChI is InChI=1S/C21H26N2.ClHO4/c1-21(2)18-8-6-7-9-19(18)23(5)20(21)15-12-16-10-13-17(14-11-16)22(3)4;2-1(3,4)5/h6-15,20H,1-5H3;(H,2,3,4,5). The van der Waals surface area contributed by atoms with Crippen LogP contribution in [-0.4, -0.2) is 27.2 Å². The van der Waals surface area contributed by atoms with E-state index in [1.807, 2.05) is 0 Å². The van der Waals surface area contributed by atoms with Crippen molar-refractivity contribution in [3.8, 4) is 0 Å². The average Bonchev–Trinajstić information content (AvgIpc) is 2.79. The zero-order valence-electron chi connectivity index (χ0n) is 16.8. The van der Waals surface area contributed by atoms with Crippen LogP contribution >= 0.6 is 0 Å². The predicted molar refractivity (Wildman–Crippen MR) is 99.6 cm³/mol. The Morgan fingerprint density at radius 2 is 1.50 bits per heavy atom. The molecule has 152 valence electrons. The van der Waals surface area contributed by atoms with Gasteiger partial charge in [0, 0.05) is 25.3 Å². The van der Waals surface area contributed by atoms with E-state index in [1.165, 1.54) is 27.4 Å². The van der Waals surface area contributed by atoms with E-state index < -0.39 is 10.2 Å². The van der Waals surface area contributed by atoms with E-state index in [0.29, 0.717) is 6.04 Å². The monoisotopic (exact) mass is 406 g/mol. The maximum absolute atomic E-state index is 8.49. The number of anilines is 1. The van der Waals surface area contributed by atoms with E-state index >= 15 is 0 Å². The summed E-state index contributed by atoms with van der Waals surface area (Å²) in [7, 11) is 1.47. The second kappa shape index (κ2) is 8.61. The number of rotatable bonds is 3. The van der Waals surface area contributed by atoms with Crippen LogP contribution in [0, 0.1) is 10.2 Å². The Kier molecular flexibility index (Phi) is 6.88. The Balaban J connectivity index is 0.000000500. The Morgan fingerprint density at radius 3 is 2.00 bits per heavy atom. The fraction of sp³-hybridized carbons (Fsp3) is 0.333. The second-order valence-electron chi connectivity index (χ2n) is 7.65. The van der Waals surface area contributed by atoms with E-state index in [1.54, 1.807) is 0 Å². The van der Waals surface area contributed by atoms with Gasteiger partial charge in [0.05, 0.1) is 12.5 Å². The molecular weight excluding hydrogens is 380 g/mol. The highest BCUT2D eigenvalue weighted by Gasteiger charge is 2.45. The summed E-state index contributed by atoms with van der Waals surface area (Å²) in [5.41, 5.74) is 5.54. The maximum atomic E-state index is 8.49. The number of fused-ring (bicyclic) bond motifs is 1. The van der Waals surface area contributed by atoms with Crippen molar-refractivity contribution in [1.82, 2.24) is 0 Å². The van der Waals surface area contributed by atoms with Crippen LogP contribution in [0.25, 0.3) is 6.08 Å². The lowest BCUT2D eigenvalue weighted by Crippen LogP contribution is -3.07. The normalized spacial score (nSPS) is 20.5. The number of hydrogen-bond acceptors (Lipinski definition) is 5. The summed E-state index contributed by atoms with van der Waals surface area (Å²) in [6.45, 7) is 4.71. The third-order valence-electron chi connectivity index (χ3n) is 5.18. The molecule has 0 amide bonds. The number of likely N-dealkylation sites (N-methyl/N-ethyl adjacent to an activating group) is 1. The molecular formula is C21H27ClN2O4. The lowest BCUT2D eigenvalue weighted by Gasteiger charge is -2.25. The van der Waals surface area contributed by atoms with Gasteiger partial charge in [-0.05, 0) is 43.7 Å². The van der Waals surface area contributed by atoms with E-state index in [9.17, 15) is 0 Å². The molecule has 2 aromatic carbocycles. The largest absolute Gasteiger partial charge is 0.378 e. The SMILES string of the molecule is CN(C)c1ccc(C=CC2[NH+](C)c3ccccc3C2(C)C)cc1.[O-][Cl+3]([O-])([O-])[O-]. The molecule has 3 rings (SSSR count). The third kappa shape index (κ3) is 5.54. The zero-order valence-corrected chi connectivity index (χ0v) is 17.6. The van der Waals surface area contributed by atoms with Crippen molar-refractivity contribution in [1.29, 1.82) is 0 Å². The molecule has 0 bridgehead atoms. The van der Waals surface area contributed by atoms with Crippen LogP contribution < -0.4 is 28.4 Å². The number of benzene rings is 2. The minimum atomic E-state index is -4.94. The highest BCUT2D eigenvalue weighted by atomic mass is 35.7. The first-order valence-corrected chi connectivity index (χ1v) is 10.2. The van der Waals surface area contributed by atoms with Crippen LogP contribution in [0.4, 0.5) is 11.4 Å². The quantitative estimate of drug-likeness (QED) is 0.669. The summed E-state index contributed by atoms with van der Waals surface area (Å²) >= 11 is 0. The number of para-hydroxylation sites is 1. The van der Waals surface area contributed by atoms with Gasteiger partial charge in [0.25, 0.3) is 0 Å². The van der Waals surface area contributed by atoms with E-state index in [-0.39, 0.29) is 5.41 Å². The van der Waals surface area contributed by atoms with E-state index in [4.69, 9.17) is 18.6 Å². The molecule has 1 N–H and O–H groups in total. The fourth-order valence-corrected chi connectivity index (χ4v) is 3.74. The second-order valence-corrected chi connectivity index (χ2v) is 8.41. The lowest BCUT2D eigenvalue weighted by atomic mass is 9.80. The van der Waals surface area contributed by atoms with Gasteiger partial charge < -0.3 is 4.90 Å². The molecule has 1 aliphatic heterocycles. The molecule has 1 aliphatic rings. The Bertz CT molecular complexity index is 808. The van der Waals surface area contributed by atoms with Crippen molar-refractivity contribution in [2.45, 2.75) is 25.3 Å². The highest BCUT2D eigenvalue weighted by Crippen LogP contribution is 2.36. The zero-order chi connectivity index (χ0) is 21.1. The van der Waals surface area contributed by atoms with Crippen LogP contribution in [-0.2, 0) is 5.41 Å². The van der Waals surface area contributed by atoms with Crippen molar-refractivity contribution < 1.29 is 33.8 Å². The van der Waals surface area contributed by atoms with Crippen LogP contribution in [0.15, 0.2) is 54.6 Å². The van der Waals surface area contributed by atoms with Crippen LogP contribution in [0.1, 0.15) is 25.0 Å². The molecule has 0 saturated heterocycles. The summed E-state index contributed by atoms with van der Waals surface area (Å²) in [6, 6.07) is 18.0. The van der Waals surface area contributed by atoms with Crippen molar-refractivity contribution in [3.63, 3.8) is 0 Å². The van der Waals surface area contributed by atoms with E-state index in [2.05, 4.69) is 101 Å². The topological polar surface area (TPSA) is 99.9 Å². The number of quaternary nitrogens is 1. The molecule has 0 aliphatic carbocycles. The van der Waals surface area contributed by atoms with Gasteiger partial charge in [-0.25, -0.2) is 18.6 Å². The number of nitrogens with one attached hydrogen (secondary N) is 1. The predicted octanol–water partition coefficient (Wildman–Crippen LogP) is -1.48. The first kappa shape index (κ1) is 22.4. The van der Waals surface area contributed by atoms with E-state index in [0.717, 1.165) is 0 Å². The fourth-order valence-electron chi connectivity index (χ4n) is 3.74. The molecule has 6 nitrogen and oxygen atoms in total. The van der Waals surface area contributed by atoms with Crippen molar-refractivity contribution in [2.75, 3.05) is 26.0 Å². The molecule has 2 atom stereocenters. The number of nitrogens with zero attached hydrogens (tertiary/aromatic N) is 1. The minimum absolute atomic E-state index is 0.154. The van der Waals surface area contributed by atoms with Crippen LogP contribution in [0.3, 0.4) is 0 Å². The number of hydrogen-bond donors (Lipinski definition) is 1. The molecule has 0 aromatic heterocycles. The Labute approximate surface area is 168 Å². The first-order chi connectivity index (χ1) is 12.9. The van der Waals surface area contributed by atoms with Crippen molar-refractivity contribution in [2.24, 2.45) is 0 Å². The van der Waals surface area contributed by atoms with Gasteiger partial charge in [-0.15, -0.1) is 10.2 Å². The van der Waals surface area contributed by atoms with Gasteiger partial charge in [-0.2, -0.15) is 0 Å². The molecule has 0 saturated carbocycles. The van der Waals surface area contributed by atoms with Gasteiger partial charge in [-0.3, -0.25) is 4.90 Å². The Morgan fingerprint density at radius 1 is 0.964 bits per heavy atom. The van der Waals surface area contributed by atoms with Gasteiger partial charge in [0.15, 0.2) is 0 Å². The lowest BCUT2D eigenvalue weighted by molar-refractivity contribution is -2.00. The van der Waals surface area contributed by atoms with Crippen LogP contribution in [0.5, 0.6) is 0 Å². The van der Waals surface area contributed by atoms with Gasteiger partial charge >= 0.3 is 0 Å². The van der Waals surface area contributed by atoms with Gasteiger partial charge in [-0.1, -0.05) is 36.4 Å². The molecule has 2 aromatic rings. The average molecular weight is 407 g/mol. The summed E-state index contributed by atoms with van der Waals surface area (Å²) in [5, 5.41) is 0. The molecule has 0 fully saturated rings. The molecule has 0 radical (unpaired) electrons. The molecule has 0 spiro atoms. The third-order valence-corrected chi connectivity index (χ3v) is 5.18. The highest BCUT2D eigenvalue weighted by molar-refractivity contribution is 5.57. The molecule has 7 heteroatoms. The van der Waals surface area contributed by atoms with Gasteiger partial charge in [0.1, 0.15) is 11.7 Å². The first-order valence-electron chi connectivity index (χ1n) is 8.92. The van der Waals surface area contributed by atoms with Crippen LogP contribution in [0.2, 0.25) is 0 Å². The Hall–Kier alpha value is -1.93. The number of halogens is 1. The minimum Gasteiger partial charge on any atom is -0.378 e. The summed E-state index contributed by atoms with van der Waals surface area (Å²) < 4.78 is 34.0.